The Labute approximate surface area is 148 Å². The molecule has 0 bridgehead atoms. The van der Waals surface area contributed by atoms with E-state index in [1.165, 1.54) is 5.56 Å². The van der Waals surface area contributed by atoms with E-state index in [2.05, 4.69) is 63.7 Å². The van der Waals surface area contributed by atoms with Gasteiger partial charge in [0.05, 0.1) is 5.37 Å². The molecule has 1 aromatic carbocycles. The van der Waals surface area contributed by atoms with E-state index in [1.807, 2.05) is 24.3 Å². The summed E-state index contributed by atoms with van der Waals surface area (Å²) in [5, 5.41) is 3.25. The molecule has 0 heterocycles. The summed E-state index contributed by atoms with van der Waals surface area (Å²) in [6, 6.07) is 7.60. The third-order valence-corrected chi connectivity index (χ3v) is 5.40. The second-order valence-electron chi connectivity index (χ2n) is 5.28. The van der Waals surface area contributed by atoms with Gasteiger partial charge in [0.2, 0.25) is 0 Å². The van der Waals surface area contributed by atoms with Gasteiger partial charge in [-0.15, -0.1) is 0 Å². The van der Waals surface area contributed by atoms with Crippen LogP contribution in [0.1, 0.15) is 25.8 Å². The number of nitrogens with one attached hydrogen (secondary N) is 1. The standard InChI is InChI=1S/C15H21Br2NO2S/c1-10(2)7-11-3-5-13(6-4-11)20-15(19)18-14(21)8-12(17)9-16/h3-6,10,12,14,21H,7-9H2,1-2H3,(H,18,19). The smallest absolute Gasteiger partial charge is 0.410 e. The number of hydrogen-bond acceptors (Lipinski definition) is 3. The predicted octanol–water partition coefficient (Wildman–Crippen LogP) is 4.78. The lowest BCUT2D eigenvalue weighted by Crippen LogP contribution is -2.35. The fourth-order valence-corrected chi connectivity index (χ4v) is 3.09. The molecule has 0 spiro atoms. The van der Waals surface area contributed by atoms with Crippen molar-refractivity contribution in [2.45, 2.75) is 36.9 Å². The summed E-state index contributed by atoms with van der Waals surface area (Å²) in [7, 11) is 0. The van der Waals surface area contributed by atoms with Crippen LogP contribution in [0.15, 0.2) is 24.3 Å². The summed E-state index contributed by atoms with van der Waals surface area (Å²) in [5.74, 6) is 1.15. The highest BCUT2D eigenvalue weighted by Gasteiger charge is 2.13. The molecule has 1 aromatic rings. The zero-order valence-corrected chi connectivity index (χ0v) is 16.2. The van der Waals surface area contributed by atoms with E-state index >= 15 is 0 Å². The normalized spacial score (nSPS) is 13.8. The zero-order chi connectivity index (χ0) is 15.8. The lowest BCUT2D eigenvalue weighted by molar-refractivity contribution is 0.199. The van der Waals surface area contributed by atoms with Crippen molar-refractivity contribution in [3.05, 3.63) is 29.8 Å². The Morgan fingerprint density at radius 1 is 1.33 bits per heavy atom. The maximum atomic E-state index is 11.7. The van der Waals surface area contributed by atoms with Crippen LogP contribution in [0.2, 0.25) is 0 Å². The number of benzene rings is 1. The third-order valence-electron chi connectivity index (χ3n) is 2.71. The Hall–Kier alpha value is -0.200. The molecule has 0 fully saturated rings. The molecular weight excluding hydrogens is 418 g/mol. The Balaban J connectivity index is 2.44. The first-order valence-corrected chi connectivity index (χ1v) is 9.41. The summed E-state index contributed by atoms with van der Waals surface area (Å²) in [6.07, 6.45) is 1.24. The number of carbonyl (C=O) groups is 1. The number of alkyl halides is 2. The van der Waals surface area contributed by atoms with Gasteiger partial charge in [-0.2, -0.15) is 12.6 Å². The van der Waals surface area contributed by atoms with E-state index in [0.29, 0.717) is 18.1 Å². The summed E-state index contributed by atoms with van der Waals surface area (Å²) in [4.78, 5) is 12.0. The lowest BCUT2D eigenvalue weighted by atomic mass is 10.0. The summed E-state index contributed by atoms with van der Waals surface area (Å²) in [6.45, 7) is 4.35. The molecule has 0 aromatic heterocycles. The van der Waals surface area contributed by atoms with Crippen molar-refractivity contribution in [1.29, 1.82) is 0 Å². The number of rotatable bonds is 7. The highest BCUT2D eigenvalue weighted by molar-refractivity contribution is 9.12. The molecule has 2 atom stereocenters. The monoisotopic (exact) mass is 437 g/mol. The van der Waals surface area contributed by atoms with Crippen LogP contribution in [-0.4, -0.2) is 21.6 Å². The maximum absolute atomic E-state index is 11.7. The van der Waals surface area contributed by atoms with Gasteiger partial charge in [-0.3, -0.25) is 0 Å². The zero-order valence-electron chi connectivity index (χ0n) is 12.2. The van der Waals surface area contributed by atoms with Crippen molar-refractivity contribution < 1.29 is 9.53 Å². The van der Waals surface area contributed by atoms with Crippen molar-refractivity contribution in [2.75, 3.05) is 5.33 Å². The molecule has 0 aliphatic rings. The molecule has 1 amide bonds. The highest BCUT2D eigenvalue weighted by atomic mass is 79.9. The van der Waals surface area contributed by atoms with Crippen molar-refractivity contribution >= 4 is 50.6 Å². The van der Waals surface area contributed by atoms with Crippen LogP contribution in [-0.2, 0) is 6.42 Å². The molecule has 1 rings (SSSR count). The molecule has 0 radical (unpaired) electrons. The minimum absolute atomic E-state index is 0.250. The Bertz CT molecular complexity index is 440. The number of carbonyl (C=O) groups excluding carboxylic acids is 1. The SMILES string of the molecule is CC(C)Cc1ccc(OC(=O)NC(S)CC(Br)CBr)cc1. The van der Waals surface area contributed by atoms with Gasteiger partial charge in [0.25, 0.3) is 0 Å². The molecule has 0 saturated heterocycles. The first-order chi connectivity index (χ1) is 9.90. The van der Waals surface area contributed by atoms with Gasteiger partial charge in [-0.25, -0.2) is 4.79 Å². The fourth-order valence-electron chi connectivity index (χ4n) is 1.80. The molecule has 0 saturated carbocycles. The van der Waals surface area contributed by atoms with Crippen LogP contribution in [0.4, 0.5) is 4.79 Å². The van der Waals surface area contributed by atoms with Crippen LogP contribution in [0.3, 0.4) is 0 Å². The van der Waals surface area contributed by atoms with Crippen LogP contribution < -0.4 is 10.1 Å². The largest absolute Gasteiger partial charge is 0.413 e. The van der Waals surface area contributed by atoms with Crippen LogP contribution in [0.5, 0.6) is 5.75 Å². The van der Waals surface area contributed by atoms with Crippen LogP contribution >= 0.6 is 44.5 Å². The fraction of sp³-hybridized carbons (Fsp3) is 0.533. The molecule has 0 aliphatic heterocycles. The molecule has 1 N–H and O–H groups in total. The van der Waals surface area contributed by atoms with E-state index in [4.69, 9.17) is 4.74 Å². The molecule has 2 unspecified atom stereocenters. The first-order valence-electron chi connectivity index (χ1n) is 6.86. The van der Waals surface area contributed by atoms with Crippen LogP contribution in [0, 0.1) is 5.92 Å². The lowest BCUT2D eigenvalue weighted by Gasteiger charge is -2.15. The van der Waals surface area contributed by atoms with Crippen molar-refractivity contribution in [1.82, 2.24) is 5.32 Å². The third kappa shape index (κ3) is 8.12. The molecule has 6 heteroatoms. The van der Waals surface area contributed by atoms with Gasteiger partial charge in [0.1, 0.15) is 5.75 Å². The van der Waals surface area contributed by atoms with Crippen molar-refractivity contribution in [2.24, 2.45) is 5.92 Å². The topological polar surface area (TPSA) is 38.3 Å². The average molecular weight is 439 g/mol. The van der Waals surface area contributed by atoms with Crippen molar-refractivity contribution in [3.8, 4) is 5.75 Å². The molecule has 118 valence electrons. The summed E-state index contributed by atoms with van der Waals surface area (Å²) in [5.41, 5.74) is 1.24. The van der Waals surface area contributed by atoms with E-state index in [1.54, 1.807) is 0 Å². The van der Waals surface area contributed by atoms with Gasteiger partial charge in [0, 0.05) is 10.2 Å². The highest BCUT2D eigenvalue weighted by Crippen LogP contribution is 2.16. The average Bonchev–Trinajstić information content (AvgIpc) is 2.39. The minimum Gasteiger partial charge on any atom is -0.410 e. The van der Waals surface area contributed by atoms with Gasteiger partial charge >= 0.3 is 6.09 Å². The summed E-state index contributed by atoms with van der Waals surface area (Å²) < 4.78 is 5.23. The minimum atomic E-state index is -0.485. The van der Waals surface area contributed by atoms with E-state index in [9.17, 15) is 4.79 Å². The van der Waals surface area contributed by atoms with Crippen molar-refractivity contribution in [3.63, 3.8) is 0 Å². The van der Waals surface area contributed by atoms with Gasteiger partial charge in [-0.1, -0.05) is 57.8 Å². The van der Waals surface area contributed by atoms with Gasteiger partial charge < -0.3 is 10.1 Å². The maximum Gasteiger partial charge on any atom is 0.413 e. The van der Waals surface area contributed by atoms with Crippen LogP contribution in [0.25, 0.3) is 0 Å². The molecule has 3 nitrogen and oxygen atoms in total. The van der Waals surface area contributed by atoms with E-state index in [-0.39, 0.29) is 10.2 Å². The van der Waals surface area contributed by atoms with Gasteiger partial charge in [-0.05, 0) is 36.5 Å². The molecule has 21 heavy (non-hydrogen) atoms. The quantitative estimate of drug-likeness (QED) is 0.365. The number of hydrogen-bond donors (Lipinski definition) is 2. The Morgan fingerprint density at radius 3 is 2.48 bits per heavy atom. The second-order valence-corrected chi connectivity index (χ2v) is 7.84. The number of ether oxygens (including phenoxy) is 1. The Morgan fingerprint density at radius 2 is 1.95 bits per heavy atom. The van der Waals surface area contributed by atoms with E-state index < -0.39 is 6.09 Å². The number of halogens is 2. The van der Waals surface area contributed by atoms with Gasteiger partial charge in [0.15, 0.2) is 0 Å². The number of thiol groups is 1. The first kappa shape index (κ1) is 18.8. The predicted molar refractivity (Wildman–Crippen MR) is 98.0 cm³/mol. The molecule has 0 aliphatic carbocycles. The Kier molecular flexibility index (Phi) is 8.74. The number of amides is 1. The van der Waals surface area contributed by atoms with E-state index in [0.717, 1.165) is 11.8 Å². The summed E-state index contributed by atoms with van der Waals surface area (Å²) >= 11 is 11.2. The molecular formula is C15H21Br2NO2S. The second kappa shape index (κ2) is 9.74.